The largest absolute Gasteiger partial charge is 0.354 e. The predicted molar refractivity (Wildman–Crippen MR) is 60.5 cm³/mol. The van der Waals surface area contributed by atoms with Crippen LogP contribution in [-0.4, -0.2) is 0 Å². The van der Waals surface area contributed by atoms with Gasteiger partial charge in [0, 0.05) is 10.9 Å². The van der Waals surface area contributed by atoms with Gasteiger partial charge in [-0.3, -0.25) is 0 Å². The molecule has 1 aromatic heterocycles. The van der Waals surface area contributed by atoms with Crippen LogP contribution in [0.5, 0.6) is 0 Å². The molecule has 0 spiro atoms. The van der Waals surface area contributed by atoms with Crippen molar-refractivity contribution in [1.82, 2.24) is 0 Å². The average Bonchev–Trinajstić information content (AvgIpc) is 2.47. The zero-order valence-corrected chi connectivity index (χ0v) is 9.48. The molecule has 0 aromatic carbocycles. The van der Waals surface area contributed by atoms with Crippen LogP contribution in [0.3, 0.4) is 0 Å². The fourth-order valence-corrected chi connectivity index (χ4v) is 2.33. The van der Waals surface area contributed by atoms with Crippen molar-refractivity contribution in [3.05, 3.63) is 20.7 Å². The van der Waals surface area contributed by atoms with E-state index >= 15 is 0 Å². The third-order valence-electron chi connectivity index (χ3n) is 1.99. The van der Waals surface area contributed by atoms with E-state index in [-0.39, 0.29) is 0 Å². The second kappa shape index (κ2) is 3.93. The van der Waals surface area contributed by atoms with E-state index in [1.807, 2.05) is 11.3 Å². The number of hydrogen-bond acceptors (Lipinski definition) is 1. The van der Waals surface area contributed by atoms with Crippen molar-refractivity contribution in [1.29, 1.82) is 0 Å². The van der Waals surface area contributed by atoms with E-state index in [4.69, 9.17) is 6.57 Å². The molecule has 2 heteroatoms. The summed E-state index contributed by atoms with van der Waals surface area (Å²) in [6.45, 7) is 14.1. The summed E-state index contributed by atoms with van der Waals surface area (Å²) in [5, 5.41) is 0. The lowest BCUT2D eigenvalue weighted by Gasteiger charge is -1.98. The molecule has 0 amide bonds. The lowest BCUT2D eigenvalue weighted by atomic mass is 10.1. The number of rotatable bonds is 2. The van der Waals surface area contributed by atoms with E-state index in [1.165, 1.54) is 9.75 Å². The molecule has 0 saturated heterocycles. The Morgan fingerprint density at radius 1 is 1.23 bits per heavy atom. The van der Waals surface area contributed by atoms with E-state index in [9.17, 15) is 0 Å². The van der Waals surface area contributed by atoms with Gasteiger partial charge in [-0.25, -0.2) is 0 Å². The van der Waals surface area contributed by atoms with Crippen molar-refractivity contribution in [3.63, 3.8) is 0 Å². The molecule has 13 heavy (non-hydrogen) atoms. The maximum Gasteiger partial charge on any atom is 0.354 e. The van der Waals surface area contributed by atoms with Crippen LogP contribution in [0, 0.1) is 6.57 Å². The molecule has 0 saturated carbocycles. The SMILES string of the molecule is C#[N+]c1cc(C(C)C)sc1C(C)C. The Morgan fingerprint density at radius 3 is 2.15 bits per heavy atom. The minimum absolute atomic E-state index is 0.514. The smallest absolute Gasteiger partial charge is 0.136 e. The van der Waals surface area contributed by atoms with Crippen LogP contribution in [0.15, 0.2) is 6.07 Å². The van der Waals surface area contributed by atoms with Gasteiger partial charge in [0.2, 0.25) is 0 Å². The zero-order chi connectivity index (χ0) is 10.0. The van der Waals surface area contributed by atoms with E-state index in [2.05, 4.69) is 38.6 Å². The second-order valence-electron chi connectivity index (χ2n) is 3.84. The molecule has 0 bridgehead atoms. The van der Waals surface area contributed by atoms with E-state index in [0.717, 1.165) is 5.69 Å². The molecule has 0 aliphatic rings. The van der Waals surface area contributed by atoms with Crippen LogP contribution < -0.4 is 0 Å². The molecular formula is C11H16NS+. The molecule has 0 fully saturated rings. The third-order valence-corrected chi connectivity index (χ3v) is 3.72. The molecule has 0 radical (unpaired) electrons. The van der Waals surface area contributed by atoms with Gasteiger partial charge in [-0.05, 0) is 16.7 Å². The van der Waals surface area contributed by atoms with Crippen molar-refractivity contribution >= 4 is 17.0 Å². The summed E-state index contributed by atoms with van der Waals surface area (Å²) in [4.78, 5) is 6.47. The Hall–Kier alpha value is -0.810. The van der Waals surface area contributed by atoms with Crippen molar-refractivity contribution in [3.8, 4) is 6.57 Å². The first-order valence-electron chi connectivity index (χ1n) is 4.60. The highest BCUT2D eigenvalue weighted by Crippen LogP contribution is 2.38. The molecule has 1 heterocycles. The lowest BCUT2D eigenvalue weighted by Crippen LogP contribution is -1.80. The van der Waals surface area contributed by atoms with Crippen LogP contribution in [0.2, 0.25) is 0 Å². The van der Waals surface area contributed by atoms with Gasteiger partial charge in [0.25, 0.3) is 6.57 Å². The highest BCUT2D eigenvalue weighted by Gasteiger charge is 2.20. The molecule has 0 aliphatic heterocycles. The van der Waals surface area contributed by atoms with E-state index in [1.54, 1.807) is 0 Å². The van der Waals surface area contributed by atoms with Gasteiger partial charge in [-0.1, -0.05) is 27.7 Å². The van der Waals surface area contributed by atoms with Crippen molar-refractivity contribution < 1.29 is 0 Å². The maximum atomic E-state index is 5.33. The van der Waals surface area contributed by atoms with Crippen LogP contribution in [0.25, 0.3) is 4.85 Å². The summed E-state index contributed by atoms with van der Waals surface area (Å²) >= 11 is 1.83. The summed E-state index contributed by atoms with van der Waals surface area (Å²) in [6.07, 6.45) is 0. The zero-order valence-electron chi connectivity index (χ0n) is 8.66. The highest BCUT2D eigenvalue weighted by molar-refractivity contribution is 7.12. The standard InChI is InChI=1S/C11H16NS/c1-7(2)10-6-9(12-5)11(13-10)8(3)4/h5-8H,1-4H3/q+1. The fourth-order valence-electron chi connectivity index (χ4n) is 1.21. The average molecular weight is 194 g/mol. The third kappa shape index (κ3) is 2.10. The Morgan fingerprint density at radius 2 is 1.85 bits per heavy atom. The van der Waals surface area contributed by atoms with E-state index in [0.29, 0.717) is 11.8 Å². The van der Waals surface area contributed by atoms with Crippen molar-refractivity contribution in [2.75, 3.05) is 0 Å². The Balaban J connectivity index is 3.14. The number of nitrogens with zero attached hydrogens (tertiary/aromatic N) is 1. The summed E-state index contributed by atoms with van der Waals surface area (Å²) in [5.41, 5.74) is 0.962. The predicted octanol–water partition coefficient (Wildman–Crippen LogP) is 4.59. The first-order valence-corrected chi connectivity index (χ1v) is 5.42. The van der Waals surface area contributed by atoms with Crippen LogP contribution in [0.1, 0.15) is 49.3 Å². The summed E-state index contributed by atoms with van der Waals surface area (Å²) in [7, 11) is 0. The summed E-state index contributed by atoms with van der Waals surface area (Å²) < 4.78 is 0. The van der Waals surface area contributed by atoms with Crippen LogP contribution >= 0.6 is 11.3 Å². The van der Waals surface area contributed by atoms with Gasteiger partial charge in [0.1, 0.15) is 0 Å². The topological polar surface area (TPSA) is 4.36 Å². The normalized spacial score (nSPS) is 10.8. The molecule has 0 N–H and O–H groups in total. The van der Waals surface area contributed by atoms with Gasteiger partial charge in [0.05, 0.1) is 4.88 Å². The number of hydrogen-bond donors (Lipinski definition) is 0. The van der Waals surface area contributed by atoms with Gasteiger partial charge < -0.3 is 0 Å². The molecule has 0 unspecified atom stereocenters. The summed E-state index contributed by atoms with van der Waals surface area (Å²) in [6, 6.07) is 2.10. The van der Waals surface area contributed by atoms with Gasteiger partial charge >= 0.3 is 5.69 Å². The molecule has 1 nitrogen and oxygen atoms in total. The Kier molecular flexibility index (Phi) is 3.11. The van der Waals surface area contributed by atoms with Crippen molar-refractivity contribution in [2.24, 2.45) is 0 Å². The van der Waals surface area contributed by atoms with E-state index < -0.39 is 0 Å². The van der Waals surface area contributed by atoms with Gasteiger partial charge in [0.15, 0.2) is 0 Å². The minimum Gasteiger partial charge on any atom is -0.136 e. The second-order valence-corrected chi connectivity index (χ2v) is 4.95. The van der Waals surface area contributed by atoms with Crippen LogP contribution in [0.4, 0.5) is 5.69 Å². The fraction of sp³-hybridized carbons (Fsp3) is 0.545. The Bertz CT molecular complexity index is 328. The molecular weight excluding hydrogens is 178 g/mol. The first kappa shape index (κ1) is 10.3. The summed E-state index contributed by atoms with van der Waals surface area (Å²) in [5.74, 6) is 1.08. The highest BCUT2D eigenvalue weighted by atomic mass is 32.1. The molecule has 1 aromatic rings. The molecule has 70 valence electrons. The minimum atomic E-state index is 0.514. The van der Waals surface area contributed by atoms with Gasteiger partial charge in [-0.2, -0.15) is 0 Å². The van der Waals surface area contributed by atoms with Gasteiger partial charge in [-0.15, -0.1) is 11.3 Å². The maximum absolute atomic E-state index is 5.33. The van der Waals surface area contributed by atoms with Crippen LogP contribution in [-0.2, 0) is 0 Å². The quantitative estimate of drug-likeness (QED) is 0.648. The first-order chi connectivity index (χ1) is 6.06. The lowest BCUT2D eigenvalue weighted by molar-refractivity contribution is 0.889. The number of thiophene rings is 1. The molecule has 0 atom stereocenters. The van der Waals surface area contributed by atoms with Crippen molar-refractivity contribution in [2.45, 2.75) is 39.5 Å². The molecule has 0 aliphatic carbocycles. The Labute approximate surface area is 84.2 Å². The molecule has 1 rings (SSSR count). The monoisotopic (exact) mass is 194 g/mol.